The minimum Gasteiger partial charge on any atom is -0.368 e. The monoisotopic (exact) mass is 117 g/mol. The van der Waals surface area contributed by atoms with Crippen LogP contribution in [0.4, 0.5) is 0 Å². The van der Waals surface area contributed by atoms with Gasteiger partial charge >= 0.3 is 0 Å². The number of rotatable bonds is 2. The lowest BCUT2D eigenvalue weighted by atomic mass is 10.2. The van der Waals surface area contributed by atoms with Crippen LogP contribution in [0.3, 0.4) is 0 Å². The highest BCUT2D eigenvalue weighted by Crippen LogP contribution is 1.80. The van der Waals surface area contributed by atoms with Crippen LogP contribution in [-0.2, 0) is 4.79 Å². The molecule has 0 rings (SSSR count). The van der Waals surface area contributed by atoms with Gasteiger partial charge in [0.15, 0.2) is 0 Å². The van der Waals surface area contributed by atoms with Crippen LogP contribution in [0.25, 0.3) is 0 Å². The van der Waals surface area contributed by atoms with Crippen molar-refractivity contribution >= 4 is 5.91 Å². The fourth-order valence-corrected chi connectivity index (χ4v) is 0.259. The maximum atomic E-state index is 10.2. The first kappa shape index (κ1) is 7.39. The van der Waals surface area contributed by atoms with Gasteiger partial charge in [-0.3, -0.25) is 4.79 Å². The van der Waals surface area contributed by atoms with Gasteiger partial charge in [-0.2, -0.15) is 0 Å². The van der Waals surface area contributed by atoms with Crippen molar-refractivity contribution in [1.82, 2.24) is 0 Å². The fraction of sp³-hybridized carbons (Fsp3) is 0.750. The summed E-state index contributed by atoms with van der Waals surface area (Å²) >= 11 is 0. The second-order valence-electron chi connectivity index (χ2n) is 1.79. The van der Waals surface area contributed by atoms with Crippen LogP contribution in [0.1, 0.15) is 6.92 Å². The van der Waals surface area contributed by atoms with E-state index in [1.165, 1.54) is 0 Å². The largest absolute Gasteiger partial charge is 0.368 e. The highest BCUT2D eigenvalue weighted by atomic mass is 16.1. The summed E-state index contributed by atoms with van der Waals surface area (Å²) in [6.45, 7) is 1.63. The summed E-state index contributed by atoms with van der Waals surface area (Å²) in [5, 5.41) is 0. The number of amides is 1. The van der Waals surface area contributed by atoms with Gasteiger partial charge < -0.3 is 17.2 Å². The minimum absolute atomic E-state index is 0.354. The number of hydrogen-bond donors (Lipinski definition) is 3. The molecule has 48 valence electrons. The van der Waals surface area contributed by atoms with E-state index in [2.05, 4.69) is 0 Å². The van der Waals surface area contributed by atoms with Gasteiger partial charge in [-0.1, -0.05) is 0 Å². The molecule has 0 bridgehead atoms. The maximum Gasteiger partial charge on any atom is 0.235 e. The second kappa shape index (κ2) is 2.64. The zero-order valence-electron chi connectivity index (χ0n) is 4.79. The Labute approximate surface area is 48.0 Å². The molecule has 0 heterocycles. The van der Waals surface area contributed by atoms with Crippen molar-refractivity contribution in [2.45, 2.75) is 19.0 Å². The van der Waals surface area contributed by atoms with Crippen LogP contribution in [0.5, 0.6) is 0 Å². The smallest absolute Gasteiger partial charge is 0.235 e. The number of carbonyl (C=O) groups excluding carboxylic acids is 1. The molecular weight excluding hydrogens is 106 g/mol. The van der Waals surface area contributed by atoms with E-state index in [0.717, 1.165) is 0 Å². The van der Waals surface area contributed by atoms with Gasteiger partial charge in [0.05, 0.1) is 6.04 Å². The third-order valence-corrected chi connectivity index (χ3v) is 0.895. The zero-order chi connectivity index (χ0) is 6.73. The number of carbonyl (C=O) groups is 1. The molecule has 0 aromatic carbocycles. The third kappa shape index (κ3) is 1.90. The Morgan fingerprint density at radius 1 is 1.50 bits per heavy atom. The lowest BCUT2D eigenvalue weighted by Crippen LogP contribution is -2.48. The molecule has 0 fully saturated rings. The average Bonchev–Trinajstić information content (AvgIpc) is 1.64. The molecule has 2 atom stereocenters. The summed E-state index contributed by atoms with van der Waals surface area (Å²) in [5.41, 5.74) is 15.2. The van der Waals surface area contributed by atoms with Gasteiger partial charge in [0.1, 0.15) is 0 Å². The predicted molar refractivity (Wildman–Crippen MR) is 30.8 cm³/mol. The molecule has 0 spiro atoms. The van der Waals surface area contributed by atoms with Gasteiger partial charge in [-0.15, -0.1) is 0 Å². The summed E-state index contributed by atoms with van der Waals surface area (Å²) in [5.74, 6) is -0.556. The molecule has 0 unspecified atom stereocenters. The van der Waals surface area contributed by atoms with Gasteiger partial charge in [0, 0.05) is 6.04 Å². The lowest BCUT2D eigenvalue weighted by molar-refractivity contribution is -0.119. The Balaban J connectivity index is 3.64. The van der Waals surface area contributed by atoms with Crippen molar-refractivity contribution in [3.05, 3.63) is 0 Å². The molecule has 0 radical (unpaired) electrons. The predicted octanol–water partition coefficient (Wildman–Crippen LogP) is -1.85. The molecule has 0 aliphatic heterocycles. The van der Waals surface area contributed by atoms with Crippen LogP contribution in [0.2, 0.25) is 0 Å². The minimum atomic E-state index is -0.713. The topological polar surface area (TPSA) is 95.1 Å². The number of primary amides is 1. The van der Waals surface area contributed by atoms with E-state index in [1.807, 2.05) is 0 Å². The molecule has 0 aromatic rings. The molecule has 1 amide bonds. The Morgan fingerprint density at radius 2 is 1.88 bits per heavy atom. The van der Waals surface area contributed by atoms with Crippen molar-refractivity contribution in [3.63, 3.8) is 0 Å². The van der Waals surface area contributed by atoms with Crippen molar-refractivity contribution in [1.29, 1.82) is 0 Å². The zero-order valence-corrected chi connectivity index (χ0v) is 4.79. The Kier molecular flexibility index (Phi) is 2.44. The van der Waals surface area contributed by atoms with Crippen LogP contribution >= 0.6 is 0 Å². The quantitative estimate of drug-likeness (QED) is 0.396. The van der Waals surface area contributed by atoms with Gasteiger partial charge in [0.25, 0.3) is 0 Å². The van der Waals surface area contributed by atoms with Crippen LogP contribution in [0.15, 0.2) is 0 Å². The van der Waals surface area contributed by atoms with Crippen molar-refractivity contribution in [2.24, 2.45) is 17.2 Å². The molecule has 0 aliphatic rings. The van der Waals surface area contributed by atoms with E-state index in [1.54, 1.807) is 6.92 Å². The van der Waals surface area contributed by atoms with E-state index in [9.17, 15) is 4.79 Å². The van der Waals surface area contributed by atoms with E-state index in [4.69, 9.17) is 17.2 Å². The highest BCUT2D eigenvalue weighted by Gasteiger charge is 2.12. The van der Waals surface area contributed by atoms with Crippen molar-refractivity contribution < 1.29 is 4.79 Å². The van der Waals surface area contributed by atoms with E-state index in [0.29, 0.717) is 0 Å². The van der Waals surface area contributed by atoms with Gasteiger partial charge in [0.2, 0.25) is 5.91 Å². The number of hydrogen-bond acceptors (Lipinski definition) is 3. The first-order valence-corrected chi connectivity index (χ1v) is 2.36. The third-order valence-electron chi connectivity index (χ3n) is 0.895. The summed E-state index contributed by atoms with van der Waals surface area (Å²) in [6, 6.07) is -1.07. The highest BCUT2D eigenvalue weighted by molar-refractivity contribution is 5.80. The first-order chi connectivity index (χ1) is 3.55. The lowest BCUT2D eigenvalue weighted by Gasteiger charge is -2.09. The summed E-state index contributed by atoms with van der Waals surface area (Å²) < 4.78 is 0. The second-order valence-corrected chi connectivity index (χ2v) is 1.79. The molecule has 0 aliphatic carbocycles. The molecule has 6 N–H and O–H groups in total. The maximum absolute atomic E-state index is 10.2. The molecule has 4 heteroatoms. The van der Waals surface area contributed by atoms with E-state index < -0.39 is 11.9 Å². The fourth-order valence-electron chi connectivity index (χ4n) is 0.259. The molecule has 0 aromatic heterocycles. The Morgan fingerprint density at radius 3 is 1.88 bits per heavy atom. The summed E-state index contributed by atoms with van der Waals surface area (Å²) in [7, 11) is 0. The summed E-state index contributed by atoms with van der Waals surface area (Å²) in [4.78, 5) is 10.2. The SMILES string of the molecule is C[C@H](N)[C@H](N)C(N)=O. The summed E-state index contributed by atoms with van der Waals surface area (Å²) in [6.07, 6.45) is 0. The number of nitrogens with two attached hydrogens (primary N) is 3. The van der Waals surface area contributed by atoms with Crippen LogP contribution < -0.4 is 17.2 Å². The van der Waals surface area contributed by atoms with Gasteiger partial charge in [-0.05, 0) is 6.92 Å². The Hall–Kier alpha value is -0.610. The standard InChI is InChI=1S/C4H11N3O/c1-2(5)3(6)4(7)8/h2-3H,5-6H2,1H3,(H2,7,8)/t2-,3-/m0/s1. The molecular formula is C4H11N3O. The average molecular weight is 117 g/mol. The van der Waals surface area contributed by atoms with E-state index >= 15 is 0 Å². The van der Waals surface area contributed by atoms with Crippen molar-refractivity contribution in [3.8, 4) is 0 Å². The molecule has 0 saturated heterocycles. The van der Waals surface area contributed by atoms with E-state index in [-0.39, 0.29) is 6.04 Å². The van der Waals surface area contributed by atoms with Crippen LogP contribution in [-0.4, -0.2) is 18.0 Å². The van der Waals surface area contributed by atoms with Gasteiger partial charge in [-0.25, -0.2) is 0 Å². The normalized spacial score (nSPS) is 17.4. The Bertz CT molecular complexity index is 91.3. The molecule has 4 nitrogen and oxygen atoms in total. The first-order valence-electron chi connectivity index (χ1n) is 2.36. The molecule has 8 heavy (non-hydrogen) atoms. The van der Waals surface area contributed by atoms with Crippen molar-refractivity contribution in [2.75, 3.05) is 0 Å². The molecule has 0 saturated carbocycles. The van der Waals surface area contributed by atoms with Crippen LogP contribution in [0, 0.1) is 0 Å².